The summed E-state index contributed by atoms with van der Waals surface area (Å²) < 4.78 is 1.86. The molecule has 1 aromatic carbocycles. The van der Waals surface area contributed by atoms with E-state index in [4.69, 9.17) is 0 Å². The van der Waals surface area contributed by atoms with Gasteiger partial charge in [-0.05, 0) is 49.4 Å². The number of hydrogen-bond donors (Lipinski definition) is 2. The first-order chi connectivity index (χ1) is 9.81. The Labute approximate surface area is 119 Å². The first-order valence-electron chi connectivity index (χ1n) is 7.32. The summed E-state index contributed by atoms with van der Waals surface area (Å²) in [6.07, 6.45) is 7.65. The fourth-order valence-corrected chi connectivity index (χ4v) is 2.73. The van der Waals surface area contributed by atoms with Crippen molar-refractivity contribution in [3.8, 4) is 5.69 Å². The van der Waals surface area contributed by atoms with Crippen molar-refractivity contribution >= 4 is 0 Å². The maximum Gasteiger partial charge on any atom is 0.0645 e. The molecule has 1 heterocycles. The molecule has 0 saturated heterocycles. The zero-order valence-electron chi connectivity index (χ0n) is 11.6. The number of aliphatic hydroxyl groups excluding tert-OH is 1. The molecule has 0 atom stereocenters. The second kappa shape index (κ2) is 6.20. The molecule has 106 valence electrons. The third kappa shape index (κ3) is 3.26. The lowest BCUT2D eigenvalue weighted by molar-refractivity contribution is 0.116. The summed E-state index contributed by atoms with van der Waals surface area (Å²) >= 11 is 0. The van der Waals surface area contributed by atoms with E-state index < -0.39 is 0 Å². The van der Waals surface area contributed by atoms with Crippen molar-refractivity contribution < 1.29 is 5.11 Å². The Kier molecular flexibility index (Phi) is 4.14. The van der Waals surface area contributed by atoms with E-state index in [9.17, 15) is 5.11 Å². The van der Waals surface area contributed by atoms with Crippen LogP contribution in [0.5, 0.6) is 0 Å². The summed E-state index contributed by atoms with van der Waals surface area (Å²) in [6.45, 7) is 0.889. The van der Waals surface area contributed by atoms with Crippen LogP contribution in [0.2, 0.25) is 0 Å². The minimum Gasteiger partial charge on any atom is -0.393 e. The Bertz CT molecular complexity index is 513. The summed E-state index contributed by atoms with van der Waals surface area (Å²) in [5.41, 5.74) is 2.37. The van der Waals surface area contributed by atoms with Crippen LogP contribution in [0.3, 0.4) is 0 Å². The molecule has 1 fully saturated rings. The molecule has 4 nitrogen and oxygen atoms in total. The lowest BCUT2D eigenvalue weighted by Crippen LogP contribution is -2.34. The fourth-order valence-electron chi connectivity index (χ4n) is 2.73. The molecule has 0 aliphatic heterocycles. The van der Waals surface area contributed by atoms with Gasteiger partial charge in [0.1, 0.15) is 0 Å². The van der Waals surface area contributed by atoms with Gasteiger partial charge in [0, 0.05) is 25.0 Å². The minimum atomic E-state index is -0.0820. The number of aromatic nitrogens is 2. The summed E-state index contributed by atoms with van der Waals surface area (Å²) in [7, 11) is 0. The minimum absolute atomic E-state index is 0.0820. The highest BCUT2D eigenvalue weighted by atomic mass is 16.3. The van der Waals surface area contributed by atoms with Crippen LogP contribution in [0.15, 0.2) is 42.7 Å². The highest BCUT2D eigenvalue weighted by molar-refractivity contribution is 5.33. The van der Waals surface area contributed by atoms with E-state index in [0.717, 1.165) is 37.9 Å². The van der Waals surface area contributed by atoms with Gasteiger partial charge in [0.2, 0.25) is 0 Å². The third-order valence-corrected chi connectivity index (χ3v) is 4.00. The molecule has 0 bridgehead atoms. The third-order valence-electron chi connectivity index (χ3n) is 4.00. The molecule has 2 aromatic rings. The quantitative estimate of drug-likeness (QED) is 0.897. The van der Waals surface area contributed by atoms with Crippen molar-refractivity contribution in [2.75, 3.05) is 0 Å². The average Bonchev–Trinajstić information content (AvgIpc) is 3.01. The normalized spacial score (nSPS) is 22.9. The zero-order valence-corrected chi connectivity index (χ0v) is 11.6. The fraction of sp³-hybridized carbons (Fsp3) is 0.438. The smallest absolute Gasteiger partial charge is 0.0645 e. The zero-order chi connectivity index (χ0) is 13.8. The van der Waals surface area contributed by atoms with Crippen molar-refractivity contribution in [2.45, 2.75) is 44.4 Å². The number of rotatable bonds is 4. The SMILES string of the molecule is OC1CCC(NCc2ccc(-n3cccn3)cc2)CC1. The van der Waals surface area contributed by atoms with E-state index in [2.05, 4.69) is 34.7 Å². The van der Waals surface area contributed by atoms with Gasteiger partial charge < -0.3 is 10.4 Å². The van der Waals surface area contributed by atoms with Crippen LogP contribution >= 0.6 is 0 Å². The van der Waals surface area contributed by atoms with Gasteiger partial charge in [-0.2, -0.15) is 5.10 Å². The van der Waals surface area contributed by atoms with Crippen LogP contribution in [0.1, 0.15) is 31.2 Å². The van der Waals surface area contributed by atoms with E-state index in [1.54, 1.807) is 6.20 Å². The van der Waals surface area contributed by atoms with Gasteiger partial charge in [-0.15, -0.1) is 0 Å². The highest BCUT2D eigenvalue weighted by Crippen LogP contribution is 2.18. The molecule has 1 aliphatic rings. The van der Waals surface area contributed by atoms with E-state index in [0.29, 0.717) is 6.04 Å². The predicted molar refractivity (Wildman–Crippen MR) is 78.7 cm³/mol. The maximum absolute atomic E-state index is 9.50. The van der Waals surface area contributed by atoms with Crippen molar-refractivity contribution in [1.82, 2.24) is 15.1 Å². The van der Waals surface area contributed by atoms with Crippen molar-refractivity contribution in [3.05, 3.63) is 48.3 Å². The number of hydrogen-bond acceptors (Lipinski definition) is 3. The van der Waals surface area contributed by atoms with Crippen LogP contribution in [0, 0.1) is 0 Å². The lowest BCUT2D eigenvalue weighted by Gasteiger charge is -2.26. The predicted octanol–water partition coefficient (Wildman–Crippen LogP) is 2.27. The Morgan fingerprint density at radius 1 is 1.15 bits per heavy atom. The summed E-state index contributed by atoms with van der Waals surface area (Å²) in [6, 6.07) is 10.9. The number of nitrogens with zero attached hydrogens (tertiary/aromatic N) is 2. The largest absolute Gasteiger partial charge is 0.393 e. The Hall–Kier alpha value is -1.65. The first-order valence-corrected chi connectivity index (χ1v) is 7.32. The number of benzene rings is 1. The van der Waals surface area contributed by atoms with E-state index in [1.165, 1.54) is 5.56 Å². The molecule has 0 spiro atoms. The molecular formula is C16H21N3O. The van der Waals surface area contributed by atoms with Gasteiger partial charge in [0.05, 0.1) is 11.8 Å². The van der Waals surface area contributed by atoms with Crippen molar-refractivity contribution in [3.63, 3.8) is 0 Å². The van der Waals surface area contributed by atoms with Gasteiger partial charge in [0.25, 0.3) is 0 Å². The van der Waals surface area contributed by atoms with E-state index in [1.807, 2.05) is 16.9 Å². The highest BCUT2D eigenvalue weighted by Gasteiger charge is 2.18. The van der Waals surface area contributed by atoms with E-state index >= 15 is 0 Å². The van der Waals surface area contributed by atoms with Crippen molar-refractivity contribution in [1.29, 1.82) is 0 Å². The molecule has 1 aromatic heterocycles. The second-order valence-electron chi connectivity index (χ2n) is 5.50. The van der Waals surface area contributed by atoms with Crippen molar-refractivity contribution in [2.24, 2.45) is 0 Å². The van der Waals surface area contributed by atoms with Gasteiger partial charge in [-0.25, -0.2) is 4.68 Å². The van der Waals surface area contributed by atoms with E-state index in [-0.39, 0.29) is 6.10 Å². The Morgan fingerprint density at radius 3 is 2.55 bits per heavy atom. The molecular weight excluding hydrogens is 250 g/mol. The molecule has 0 unspecified atom stereocenters. The average molecular weight is 271 g/mol. The lowest BCUT2D eigenvalue weighted by atomic mass is 9.93. The molecule has 4 heteroatoms. The molecule has 0 radical (unpaired) electrons. The van der Waals surface area contributed by atoms with Gasteiger partial charge in [0.15, 0.2) is 0 Å². The molecule has 1 aliphatic carbocycles. The Morgan fingerprint density at radius 2 is 1.90 bits per heavy atom. The summed E-state index contributed by atoms with van der Waals surface area (Å²) in [4.78, 5) is 0. The maximum atomic E-state index is 9.50. The van der Waals surface area contributed by atoms with Gasteiger partial charge in [-0.1, -0.05) is 12.1 Å². The van der Waals surface area contributed by atoms with Crippen LogP contribution in [-0.2, 0) is 6.54 Å². The molecule has 1 saturated carbocycles. The van der Waals surface area contributed by atoms with Gasteiger partial charge in [-0.3, -0.25) is 0 Å². The Balaban J connectivity index is 1.53. The van der Waals surface area contributed by atoms with Crippen LogP contribution in [-0.4, -0.2) is 27.0 Å². The standard InChI is InChI=1S/C16H21N3O/c20-16-8-4-14(5-9-16)17-12-13-2-6-15(7-3-13)19-11-1-10-18-19/h1-3,6-7,10-11,14,16-17,20H,4-5,8-9,12H2. The molecule has 0 amide bonds. The van der Waals surface area contributed by atoms with Gasteiger partial charge >= 0.3 is 0 Å². The monoisotopic (exact) mass is 271 g/mol. The second-order valence-corrected chi connectivity index (χ2v) is 5.50. The molecule has 3 rings (SSSR count). The van der Waals surface area contributed by atoms with Crippen LogP contribution < -0.4 is 5.32 Å². The summed E-state index contributed by atoms with van der Waals surface area (Å²) in [5.74, 6) is 0. The number of aliphatic hydroxyl groups is 1. The van der Waals surface area contributed by atoms with Crippen LogP contribution in [0.4, 0.5) is 0 Å². The topological polar surface area (TPSA) is 50.1 Å². The first kappa shape index (κ1) is 13.3. The number of nitrogens with one attached hydrogen (secondary N) is 1. The summed E-state index contributed by atoms with van der Waals surface area (Å²) in [5, 5.41) is 17.3. The molecule has 2 N–H and O–H groups in total. The molecule has 20 heavy (non-hydrogen) atoms. The van der Waals surface area contributed by atoms with Crippen LogP contribution in [0.25, 0.3) is 5.69 Å².